The van der Waals surface area contributed by atoms with Gasteiger partial charge >= 0.3 is 5.97 Å². The van der Waals surface area contributed by atoms with Crippen molar-refractivity contribution < 1.29 is 19.0 Å². The number of hydrogen-bond acceptors (Lipinski definition) is 4. The Hall–Kier alpha value is -1.82. The molecule has 0 heterocycles. The molecular formula is C13H17FN2O3. The second-order valence-electron chi connectivity index (χ2n) is 4.61. The standard InChI is InChI=1S/C13H17FN2O3/c1-19-5-4-16(8-2-3-8)12-6-9(13(17)18)11(15)7-10(12)14/h6-8H,2-5,15H2,1H3,(H,17,18). The number of benzene rings is 1. The fourth-order valence-corrected chi connectivity index (χ4v) is 2.06. The van der Waals surface area contributed by atoms with E-state index in [4.69, 9.17) is 15.6 Å². The first kappa shape index (κ1) is 13.6. The Labute approximate surface area is 110 Å². The van der Waals surface area contributed by atoms with E-state index in [0.717, 1.165) is 18.9 Å². The number of rotatable bonds is 6. The fraction of sp³-hybridized carbons (Fsp3) is 0.462. The fourth-order valence-electron chi connectivity index (χ4n) is 2.06. The van der Waals surface area contributed by atoms with Crippen molar-refractivity contribution in [3.8, 4) is 0 Å². The van der Waals surface area contributed by atoms with Crippen LogP contribution in [0.3, 0.4) is 0 Å². The summed E-state index contributed by atoms with van der Waals surface area (Å²) >= 11 is 0. The summed E-state index contributed by atoms with van der Waals surface area (Å²) in [5, 5.41) is 9.05. The highest BCUT2D eigenvalue weighted by Crippen LogP contribution is 2.34. The van der Waals surface area contributed by atoms with Crippen molar-refractivity contribution in [1.29, 1.82) is 0 Å². The molecule has 0 amide bonds. The molecule has 1 aliphatic rings. The minimum atomic E-state index is -1.15. The summed E-state index contributed by atoms with van der Waals surface area (Å²) in [6.45, 7) is 0.990. The van der Waals surface area contributed by atoms with Gasteiger partial charge in [-0.25, -0.2) is 9.18 Å². The highest BCUT2D eigenvalue weighted by molar-refractivity contribution is 5.95. The van der Waals surface area contributed by atoms with Gasteiger partial charge < -0.3 is 20.5 Å². The molecule has 0 atom stereocenters. The number of ether oxygens (including phenoxy) is 1. The van der Waals surface area contributed by atoms with Crippen LogP contribution in [0.1, 0.15) is 23.2 Å². The maximum Gasteiger partial charge on any atom is 0.337 e. The third-order valence-corrected chi connectivity index (χ3v) is 3.18. The number of hydrogen-bond donors (Lipinski definition) is 2. The lowest BCUT2D eigenvalue weighted by atomic mass is 10.1. The average Bonchev–Trinajstić information content (AvgIpc) is 3.15. The maximum absolute atomic E-state index is 14.0. The van der Waals surface area contributed by atoms with Crippen LogP contribution in [0.4, 0.5) is 15.8 Å². The number of anilines is 2. The van der Waals surface area contributed by atoms with Crippen LogP contribution in [0.25, 0.3) is 0 Å². The quantitative estimate of drug-likeness (QED) is 0.768. The van der Waals surface area contributed by atoms with E-state index in [1.807, 2.05) is 4.90 Å². The number of carboxylic acids is 1. The molecule has 104 valence electrons. The van der Waals surface area contributed by atoms with Gasteiger partial charge in [0.25, 0.3) is 0 Å². The molecule has 1 aliphatic carbocycles. The van der Waals surface area contributed by atoms with Crippen LogP contribution < -0.4 is 10.6 Å². The van der Waals surface area contributed by atoms with Crippen molar-refractivity contribution in [3.05, 3.63) is 23.5 Å². The summed E-state index contributed by atoms with van der Waals surface area (Å²) in [5.74, 6) is -1.65. The van der Waals surface area contributed by atoms with E-state index in [1.54, 1.807) is 7.11 Å². The number of nitrogen functional groups attached to an aromatic ring is 1. The number of nitrogens with two attached hydrogens (primary N) is 1. The van der Waals surface area contributed by atoms with Gasteiger partial charge in [-0.3, -0.25) is 0 Å². The van der Waals surface area contributed by atoms with Gasteiger partial charge in [-0.1, -0.05) is 0 Å². The largest absolute Gasteiger partial charge is 0.478 e. The van der Waals surface area contributed by atoms with Gasteiger partial charge in [0.1, 0.15) is 5.82 Å². The second-order valence-corrected chi connectivity index (χ2v) is 4.61. The molecule has 0 radical (unpaired) electrons. The van der Waals surface area contributed by atoms with Crippen LogP contribution in [0, 0.1) is 5.82 Å². The first-order valence-corrected chi connectivity index (χ1v) is 6.12. The predicted molar refractivity (Wildman–Crippen MR) is 70.0 cm³/mol. The van der Waals surface area contributed by atoms with E-state index in [1.165, 1.54) is 6.07 Å². The SMILES string of the molecule is COCCN(c1cc(C(=O)O)c(N)cc1F)C1CC1. The zero-order chi connectivity index (χ0) is 14.0. The highest BCUT2D eigenvalue weighted by atomic mass is 19.1. The molecule has 1 saturated carbocycles. The summed E-state index contributed by atoms with van der Waals surface area (Å²) in [6.07, 6.45) is 1.96. The molecule has 0 aliphatic heterocycles. The van der Waals surface area contributed by atoms with E-state index in [9.17, 15) is 9.18 Å². The van der Waals surface area contributed by atoms with Gasteiger partial charge in [-0.15, -0.1) is 0 Å². The highest BCUT2D eigenvalue weighted by Gasteiger charge is 2.31. The van der Waals surface area contributed by atoms with Gasteiger partial charge in [0, 0.05) is 25.4 Å². The lowest BCUT2D eigenvalue weighted by Gasteiger charge is -2.25. The van der Waals surface area contributed by atoms with Gasteiger partial charge in [0.15, 0.2) is 0 Å². The second kappa shape index (κ2) is 5.44. The molecule has 0 bridgehead atoms. The third-order valence-electron chi connectivity index (χ3n) is 3.18. The summed E-state index contributed by atoms with van der Waals surface area (Å²) in [7, 11) is 1.58. The zero-order valence-electron chi connectivity index (χ0n) is 10.7. The first-order valence-electron chi connectivity index (χ1n) is 6.12. The van der Waals surface area contributed by atoms with Crippen molar-refractivity contribution in [2.24, 2.45) is 0 Å². The van der Waals surface area contributed by atoms with Crippen LogP contribution in [0.15, 0.2) is 12.1 Å². The van der Waals surface area contributed by atoms with Crippen molar-refractivity contribution in [2.75, 3.05) is 30.9 Å². The molecule has 0 saturated heterocycles. The smallest absolute Gasteiger partial charge is 0.337 e. The molecule has 1 fully saturated rings. The molecule has 0 unspecified atom stereocenters. The van der Waals surface area contributed by atoms with Crippen LogP contribution in [0.5, 0.6) is 0 Å². The Kier molecular flexibility index (Phi) is 3.90. The lowest BCUT2D eigenvalue weighted by Crippen LogP contribution is -2.30. The van der Waals surface area contributed by atoms with E-state index in [0.29, 0.717) is 13.2 Å². The Morgan fingerprint density at radius 1 is 1.58 bits per heavy atom. The Bertz CT molecular complexity index is 489. The summed E-state index contributed by atoms with van der Waals surface area (Å²) in [4.78, 5) is 12.9. The molecule has 0 spiro atoms. The molecule has 2 rings (SSSR count). The number of aromatic carboxylic acids is 1. The van der Waals surface area contributed by atoms with Crippen molar-refractivity contribution in [2.45, 2.75) is 18.9 Å². The van der Waals surface area contributed by atoms with Crippen LogP contribution in [-0.4, -0.2) is 37.4 Å². The van der Waals surface area contributed by atoms with Crippen LogP contribution in [-0.2, 0) is 4.74 Å². The van der Waals surface area contributed by atoms with Crippen molar-refractivity contribution >= 4 is 17.3 Å². The maximum atomic E-state index is 14.0. The number of nitrogens with zero attached hydrogens (tertiary/aromatic N) is 1. The van der Waals surface area contributed by atoms with Gasteiger partial charge in [-0.05, 0) is 25.0 Å². The van der Waals surface area contributed by atoms with Crippen LogP contribution in [0.2, 0.25) is 0 Å². The van der Waals surface area contributed by atoms with E-state index >= 15 is 0 Å². The number of methoxy groups -OCH3 is 1. The third kappa shape index (κ3) is 2.96. The number of carbonyl (C=O) groups is 1. The number of halogens is 1. The number of carboxylic acid groups (broad SMARTS) is 1. The Balaban J connectivity index is 2.35. The van der Waals surface area contributed by atoms with Gasteiger partial charge in [0.2, 0.25) is 0 Å². The summed E-state index contributed by atoms with van der Waals surface area (Å²) in [6, 6.07) is 2.64. The molecule has 1 aromatic carbocycles. The predicted octanol–water partition coefficient (Wildman–Crippen LogP) is 1.72. The van der Waals surface area contributed by atoms with Gasteiger partial charge in [0.05, 0.1) is 17.9 Å². The minimum Gasteiger partial charge on any atom is -0.478 e. The van der Waals surface area contributed by atoms with E-state index in [2.05, 4.69) is 0 Å². The molecule has 1 aromatic rings. The minimum absolute atomic E-state index is 0.0590. The summed E-state index contributed by atoms with van der Waals surface area (Å²) < 4.78 is 19.0. The van der Waals surface area contributed by atoms with Crippen molar-refractivity contribution in [3.63, 3.8) is 0 Å². The Morgan fingerprint density at radius 3 is 2.79 bits per heavy atom. The van der Waals surface area contributed by atoms with Crippen LogP contribution >= 0.6 is 0 Å². The Morgan fingerprint density at radius 2 is 2.26 bits per heavy atom. The van der Waals surface area contributed by atoms with E-state index < -0.39 is 11.8 Å². The molecule has 19 heavy (non-hydrogen) atoms. The molecule has 5 nitrogen and oxygen atoms in total. The zero-order valence-corrected chi connectivity index (χ0v) is 10.7. The molecule has 3 N–H and O–H groups in total. The van der Waals surface area contributed by atoms with E-state index in [-0.39, 0.29) is 23.0 Å². The average molecular weight is 268 g/mol. The lowest BCUT2D eigenvalue weighted by molar-refractivity contribution is 0.0698. The molecule has 6 heteroatoms. The van der Waals surface area contributed by atoms with Gasteiger partial charge in [-0.2, -0.15) is 0 Å². The monoisotopic (exact) mass is 268 g/mol. The summed E-state index contributed by atoms with van der Waals surface area (Å²) in [5.41, 5.74) is 5.67. The topological polar surface area (TPSA) is 75.8 Å². The first-order chi connectivity index (χ1) is 9.04. The normalized spacial score (nSPS) is 14.4. The molecule has 0 aromatic heterocycles. The molecular weight excluding hydrogens is 251 g/mol. The van der Waals surface area contributed by atoms with Crippen molar-refractivity contribution in [1.82, 2.24) is 0 Å².